The molecule has 0 atom stereocenters. The standard InChI is InChI=1S/C18H24NO5P/c1-5-22-25(21,23-6-2)12-15-7-9-16(10-8-15)19-18(20)17-11-13(3)24-14(17)4/h7-11H,5-6,12H2,1-4H3,(H,19,20). The number of furan rings is 1. The summed E-state index contributed by atoms with van der Waals surface area (Å²) in [6.45, 7) is 7.77. The molecular formula is C18H24NO5P. The van der Waals surface area contributed by atoms with Gasteiger partial charge in [-0.3, -0.25) is 9.36 Å². The summed E-state index contributed by atoms with van der Waals surface area (Å²) in [4.78, 5) is 12.3. The summed E-state index contributed by atoms with van der Waals surface area (Å²) in [6.07, 6.45) is 0.197. The van der Waals surface area contributed by atoms with Gasteiger partial charge in [0.1, 0.15) is 11.5 Å². The fourth-order valence-corrected chi connectivity index (χ4v) is 4.20. The van der Waals surface area contributed by atoms with Gasteiger partial charge in [-0.15, -0.1) is 0 Å². The second-order valence-electron chi connectivity index (χ2n) is 5.58. The maximum atomic E-state index is 12.5. The van der Waals surface area contributed by atoms with Gasteiger partial charge in [-0.1, -0.05) is 12.1 Å². The number of aryl methyl sites for hydroxylation is 2. The van der Waals surface area contributed by atoms with Crippen molar-refractivity contribution >= 4 is 19.2 Å². The number of benzene rings is 1. The molecule has 2 rings (SSSR count). The van der Waals surface area contributed by atoms with Crippen LogP contribution in [0.15, 0.2) is 34.7 Å². The molecule has 0 bridgehead atoms. The largest absolute Gasteiger partial charge is 0.466 e. The maximum Gasteiger partial charge on any atom is 0.335 e. The summed E-state index contributed by atoms with van der Waals surface area (Å²) in [5.41, 5.74) is 1.98. The Labute approximate surface area is 148 Å². The minimum Gasteiger partial charge on any atom is -0.466 e. The molecule has 0 aliphatic carbocycles. The highest BCUT2D eigenvalue weighted by Crippen LogP contribution is 2.51. The predicted octanol–water partition coefficient (Wildman–Crippen LogP) is 4.91. The Morgan fingerprint density at radius 1 is 1.12 bits per heavy atom. The number of amides is 1. The molecular weight excluding hydrogens is 341 g/mol. The van der Waals surface area contributed by atoms with Gasteiger partial charge in [0.2, 0.25) is 0 Å². The van der Waals surface area contributed by atoms with Crippen molar-refractivity contribution in [3.63, 3.8) is 0 Å². The van der Waals surface area contributed by atoms with Crippen LogP contribution in [0.2, 0.25) is 0 Å². The van der Waals surface area contributed by atoms with Crippen LogP contribution in [-0.2, 0) is 19.8 Å². The van der Waals surface area contributed by atoms with Crippen molar-refractivity contribution in [1.29, 1.82) is 0 Å². The molecule has 1 aromatic heterocycles. The SMILES string of the molecule is CCOP(=O)(Cc1ccc(NC(=O)c2cc(C)oc2C)cc1)OCC. The van der Waals surface area contributed by atoms with E-state index in [9.17, 15) is 9.36 Å². The van der Waals surface area contributed by atoms with Crippen LogP contribution in [0.1, 0.15) is 41.3 Å². The third-order valence-corrected chi connectivity index (χ3v) is 5.58. The smallest absolute Gasteiger partial charge is 0.335 e. The van der Waals surface area contributed by atoms with E-state index in [0.717, 1.165) is 5.56 Å². The molecule has 136 valence electrons. The lowest BCUT2D eigenvalue weighted by Crippen LogP contribution is -2.12. The number of carbonyl (C=O) groups is 1. The molecule has 7 heteroatoms. The van der Waals surface area contributed by atoms with E-state index in [2.05, 4.69) is 5.32 Å². The van der Waals surface area contributed by atoms with Gasteiger partial charge in [-0.2, -0.15) is 0 Å². The monoisotopic (exact) mass is 365 g/mol. The number of hydrogen-bond acceptors (Lipinski definition) is 5. The Morgan fingerprint density at radius 2 is 1.72 bits per heavy atom. The van der Waals surface area contributed by atoms with Gasteiger partial charge in [-0.05, 0) is 51.5 Å². The molecule has 0 aliphatic heterocycles. The molecule has 1 amide bonds. The zero-order valence-corrected chi connectivity index (χ0v) is 15.9. The molecule has 0 fully saturated rings. The van der Waals surface area contributed by atoms with Crippen molar-refractivity contribution in [1.82, 2.24) is 0 Å². The van der Waals surface area contributed by atoms with Crippen molar-refractivity contribution in [3.05, 3.63) is 53.0 Å². The van der Waals surface area contributed by atoms with Gasteiger partial charge in [0, 0.05) is 5.69 Å². The summed E-state index contributed by atoms with van der Waals surface area (Å²) in [6, 6.07) is 8.83. The quantitative estimate of drug-likeness (QED) is 0.672. The second kappa shape index (κ2) is 8.48. The van der Waals surface area contributed by atoms with Crippen LogP contribution < -0.4 is 5.32 Å². The summed E-state index contributed by atoms with van der Waals surface area (Å²) >= 11 is 0. The molecule has 0 unspecified atom stereocenters. The first-order valence-corrected chi connectivity index (χ1v) is 9.95. The Bertz CT molecular complexity index is 756. The molecule has 0 radical (unpaired) electrons. The minimum atomic E-state index is -3.14. The molecule has 1 N–H and O–H groups in total. The molecule has 2 aromatic rings. The highest BCUT2D eigenvalue weighted by molar-refractivity contribution is 7.53. The molecule has 0 aliphatic rings. The first-order chi connectivity index (χ1) is 11.9. The van der Waals surface area contributed by atoms with Crippen LogP contribution in [0.3, 0.4) is 0 Å². The highest BCUT2D eigenvalue weighted by atomic mass is 31.2. The van der Waals surface area contributed by atoms with Gasteiger partial charge in [0.25, 0.3) is 5.91 Å². The van der Waals surface area contributed by atoms with E-state index in [1.165, 1.54) is 0 Å². The van der Waals surface area contributed by atoms with Gasteiger partial charge in [0.15, 0.2) is 0 Å². The summed E-state index contributed by atoms with van der Waals surface area (Å²) in [5, 5.41) is 2.82. The van der Waals surface area contributed by atoms with E-state index in [-0.39, 0.29) is 12.1 Å². The van der Waals surface area contributed by atoms with E-state index in [4.69, 9.17) is 13.5 Å². The second-order valence-corrected chi connectivity index (χ2v) is 7.64. The number of hydrogen-bond donors (Lipinski definition) is 1. The number of carbonyl (C=O) groups excluding carboxylic acids is 1. The van der Waals surface area contributed by atoms with E-state index >= 15 is 0 Å². The minimum absolute atomic E-state index is 0.197. The molecule has 0 spiro atoms. The van der Waals surface area contributed by atoms with Crippen LogP contribution in [-0.4, -0.2) is 19.1 Å². The maximum absolute atomic E-state index is 12.5. The van der Waals surface area contributed by atoms with E-state index in [1.807, 2.05) is 0 Å². The highest BCUT2D eigenvalue weighted by Gasteiger charge is 2.24. The molecule has 6 nitrogen and oxygen atoms in total. The van der Waals surface area contributed by atoms with E-state index in [1.54, 1.807) is 58.0 Å². The predicted molar refractivity (Wildman–Crippen MR) is 97.1 cm³/mol. The fourth-order valence-electron chi connectivity index (χ4n) is 2.49. The van der Waals surface area contributed by atoms with Crippen LogP contribution in [0, 0.1) is 13.8 Å². The van der Waals surface area contributed by atoms with Crippen molar-refractivity contribution in [2.45, 2.75) is 33.9 Å². The Hall–Kier alpha value is -1.88. The number of nitrogens with one attached hydrogen (secondary N) is 1. The topological polar surface area (TPSA) is 77.8 Å². The third-order valence-electron chi connectivity index (χ3n) is 3.53. The summed E-state index contributed by atoms with van der Waals surface area (Å²) < 4.78 is 28.5. The summed E-state index contributed by atoms with van der Waals surface area (Å²) in [7, 11) is -3.14. The first kappa shape index (κ1) is 19.4. The molecule has 0 saturated carbocycles. The van der Waals surface area contributed by atoms with Crippen molar-refractivity contribution in [2.24, 2.45) is 0 Å². The lowest BCUT2D eigenvalue weighted by molar-refractivity contribution is 0.102. The van der Waals surface area contributed by atoms with Crippen molar-refractivity contribution in [3.8, 4) is 0 Å². The lowest BCUT2D eigenvalue weighted by atomic mass is 10.2. The Morgan fingerprint density at radius 3 is 2.20 bits per heavy atom. The Kier molecular flexibility index (Phi) is 6.59. The lowest BCUT2D eigenvalue weighted by Gasteiger charge is -2.17. The zero-order valence-electron chi connectivity index (χ0n) is 15.0. The van der Waals surface area contributed by atoms with Gasteiger partial charge in [-0.25, -0.2) is 0 Å². The average Bonchev–Trinajstić information content (AvgIpc) is 2.88. The number of anilines is 1. The van der Waals surface area contributed by atoms with Gasteiger partial charge >= 0.3 is 7.60 Å². The van der Waals surface area contributed by atoms with Crippen molar-refractivity contribution < 1.29 is 22.8 Å². The van der Waals surface area contributed by atoms with Crippen LogP contribution in [0.25, 0.3) is 0 Å². The average molecular weight is 365 g/mol. The van der Waals surface area contributed by atoms with E-state index in [0.29, 0.717) is 36.0 Å². The third kappa shape index (κ3) is 5.30. The van der Waals surface area contributed by atoms with Gasteiger partial charge < -0.3 is 18.8 Å². The normalized spacial score (nSPS) is 11.5. The zero-order chi connectivity index (χ0) is 18.4. The molecule has 1 aromatic carbocycles. The first-order valence-electron chi connectivity index (χ1n) is 8.22. The number of rotatable bonds is 8. The molecule has 25 heavy (non-hydrogen) atoms. The molecule has 0 saturated heterocycles. The van der Waals surface area contributed by atoms with Crippen LogP contribution >= 0.6 is 7.60 Å². The molecule has 1 heterocycles. The fraction of sp³-hybridized carbons (Fsp3) is 0.389. The summed E-state index contributed by atoms with van der Waals surface area (Å²) in [5.74, 6) is 1.05. The van der Waals surface area contributed by atoms with Crippen molar-refractivity contribution in [2.75, 3.05) is 18.5 Å². The van der Waals surface area contributed by atoms with E-state index < -0.39 is 7.60 Å². The van der Waals surface area contributed by atoms with Crippen LogP contribution in [0.4, 0.5) is 5.69 Å². The van der Waals surface area contributed by atoms with Gasteiger partial charge in [0.05, 0.1) is 24.9 Å². The Balaban J connectivity index is 2.05. The van der Waals surface area contributed by atoms with Crippen LogP contribution in [0.5, 0.6) is 0 Å².